The second-order valence-electron chi connectivity index (χ2n) is 9.38. The van der Waals surface area contributed by atoms with Crippen molar-refractivity contribution in [1.82, 2.24) is 20.9 Å². The molecule has 1 heterocycles. The van der Waals surface area contributed by atoms with E-state index >= 15 is 0 Å². The number of fused-ring (bicyclic) bond motifs is 1. The van der Waals surface area contributed by atoms with Crippen molar-refractivity contribution < 1.29 is 29.1 Å². The first-order valence-electron chi connectivity index (χ1n) is 11.9. The summed E-state index contributed by atoms with van der Waals surface area (Å²) in [5.74, 6) is -3.97. The predicted octanol–water partition coefficient (Wildman–Crippen LogP) is 1.46. The van der Waals surface area contributed by atoms with Crippen LogP contribution in [0.4, 0.5) is 4.79 Å². The minimum atomic E-state index is -1.37. The van der Waals surface area contributed by atoms with E-state index in [0.717, 1.165) is 10.9 Å². The van der Waals surface area contributed by atoms with E-state index in [0.29, 0.717) is 12.1 Å². The summed E-state index contributed by atoms with van der Waals surface area (Å²) in [6.45, 7) is 7.13. The molecule has 11 nitrogen and oxygen atoms in total. The molecule has 4 atom stereocenters. The fourth-order valence-corrected chi connectivity index (χ4v) is 3.86. The van der Waals surface area contributed by atoms with Crippen LogP contribution in [0.15, 0.2) is 30.3 Å². The molecule has 0 aliphatic carbocycles. The van der Waals surface area contributed by atoms with E-state index in [2.05, 4.69) is 20.9 Å². The van der Waals surface area contributed by atoms with Crippen molar-refractivity contribution in [3.63, 3.8) is 0 Å². The van der Waals surface area contributed by atoms with Crippen molar-refractivity contribution in [3.05, 3.63) is 36.0 Å². The first-order chi connectivity index (χ1) is 16.9. The second kappa shape index (κ2) is 12.7. The summed E-state index contributed by atoms with van der Waals surface area (Å²) >= 11 is 0. The number of para-hydroxylation sites is 1. The molecule has 36 heavy (non-hydrogen) atoms. The summed E-state index contributed by atoms with van der Waals surface area (Å²) in [6.07, 6.45) is -0.664. The molecular weight excluding hydrogens is 466 g/mol. The lowest BCUT2D eigenvalue weighted by Gasteiger charge is -2.26. The second-order valence-corrected chi connectivity index (χ2v) is 9.38. The summed E-state index contributed by atoms with van der Waals surface area (Å²) in [4.78, 5) is 65.1. The molecule has 2 aromatic rings. The van der Waals surface area contributed by atoms with Crippen molar-refractivity contribution in [2.45, 2.75) is 65.1 Å². The van der Waals surface area contributed by atoms with Gasteiger partial charge in [-0.15, -0.1) is 0 Å². The number of aromatic amines is 1. The van der Waals surface area contributed by atoms with Crippen molar-refractivity contribution >= 4 is 40.5 Å². The fourth-order valence-electron chi connectivity index (χ4n) is 3.86. The third-order valence-electron chi connectivity index (χ3n) is 6.00. The highest BCUT2D eigenvalue weighted by molar-refractivity contribution is 6.39. The monoisotopic (exact) mass is 501 g/mol. The Hall–Kier alpha value is -3.89. The lowest BCUT2D eigenvalue weighted by atomic mass is 9.93. The van der Waals surface area contributed by atoms with Crippen LogP contribution in [0, 0.1) is 11.8 Å². The van der Waals surface area contributed by atoms with Crippen molar-refractivity contribution in [2.75, 3.05) is 0 Å². The third-order valence-corrected chi connectivity index (χ3v) is 6.00. The Morgan fingerprint density at radius 3 is 2.22 bits per heavy atom. The van der Waals surface area contributed by atoms with Gasteiger partial charge in [0.1, 0.15) is 12.1 Å². The summed E-state index contributed by atoms with van der Waals surface area (Å²) in [5.41, 5.74) is 6.99. The third kappa shape index (κ3) is 7.82. The van der Waals surface area contributed by atoms with Gasteiger partial charge < -0.3 is 31.8 Å². The number of aromatic nitrogens is 1. The molecule has 0 bridgehead atoms. The number of carbonyl (C=O) groups is 5. The molecule has 4 amide bonds. The summed E-state index contributed by atoms with van der Waals surface area (Å²) in [5, 5.41) is 17.1. The lowest BCUT2D eigenvalue weighted by molar-refractivity contribution is -0.142. The largest absolute Gasteiger partial charge is 0.465 e. The van der Waals surface area contributed by atoms with Gasteiger partial charge in [-0.3, -0.25) is 19.2 Å². The van der Waals surface area contributed by atoms with E-state index in [1.54, 1.807) is 13.8 Å². The fraction of sp³-hybridized carbons (Fsp3) is 0.480. The molecule has 1 unspecified atom stereocenters. The van der Waals surface area contributed by atoms with Gasteiger partial charge in [0.2, 0.25) is 17.6 Å². The number of hydrogen-bond donors (Lipinski definition) is 6. The lowest BCUT2D eigenvalue weighted by Crippen LogP contribution is -2.57. The molecule has 0 spiro atoms. The number of Topliss-reactive ketones (excluding diaryl/α,β-unsaturated/α-hetero) is 1. The van der Waals surface area contributed by atoms with Gasteiger partial charge in [0.25, 0.3) is 5.91 Å². The molecule has 196 valence electrons. The maximum Gasteiger partial charge on any atom is 0.405 e. The standard InChI is InChI=1S/C25H35N5O6/c1-5-14(4)20(30-23(33)19(10-13(2)3)29-25(35)36)21(31)24(34)28-18(22(26)32)12-16-11-15-8-6-7-9-17(15)27-16/h6-9,11,13-14,18-20,27,29H,5,10,12H2,1-4H3,(H2,26,32)(H,28,34)(H,30,33)(H,35,36)/t14-,18-,19-,20?/m0/s1. The van der Waals surface area contributed by atoms with Crippen LogP contribution in [0.5, 0.6) is 0 Å². The Morgan fingerprint density at radius 1 is 1.00 bits per heavy atom. The topological polar surface area (TPSA) is 183 Å². The molecule has 0 saturated heterocycles. The zero-order valence-corrected chi connectivity index (χ0v) is 21.0. The number of ketones is 1. The van der Waals surface area contributed by atoms with Crippen molar-refractivity contribution in [3.8, 4) is 0 Å². The molecular formula is C25H35N5O6. The first-order valence-corrected chi connectivity index (χ1v) is 11.9. The van der Waals surface area contributed by atoms with E-state index in [9.17, 15) is 24.0 Å². The normalized spacial score (nSPS) is 14.5. The number of amides is 4. The van der Waals surface area contributed by atoms with Gasteiger partial charge in [-0.25, -0.2) is 4.79 Å². The Labute approximate surface area is 209 Å². The summed E-state index contributed by atoms with van der Waals surface area (Å²) in [7, 11) is 0. The number of carbonyl (C=O) groups excluding carboxylic acids is 4. The van der Waals surface area contributed by atoms with Gasteiger partial charge in [0.05, 0.1) is 6.04 Å². The number of H-pyrrole nitrogens is 1. The SMILES string of the molecule is CC[C@H](C)C(NC(=O)[C@H](CC(C)C)NC(=O)O)C(=O)C(=O)N[C@@H](Cc1cc2ccccc2[nH]1)C(N)=O. The van der Waals surface area contributed by atoms with Crippen LogP contribution in [0.2, 0.25) is 0 Å². The molecule has 2 rings (SSSR count). The molecule has 0 radical (unpaired) electrons. The quantitative estimate of drug-likeness (QED) is 0.226. The maximum atomic E-state index is 13.1. The highest BCUT2D eigenvalue weighted by atomic mass is 16.4. The minimum absolute atomic E-state index is 0.00499. The number of nitrogens with two attached hydrogens (primary N) is 1. The predicted molar refractivity (Wildman–Crippen MR) is 134 cm³/mol. The number of rotatable bonds is 13. The van der Waals surface area contributed by atoms with Crippen LogP contribution in [0.3, 0.4) is 0 Å². The van der Waals surface area contributed by atoms with Crippen molar-refractivity contribution in [1.29, 1.82) is 0 Å². The Morgan fingerprint density at radius 2 is 1.67 bits per heavy atom. The van der Waals surface area contributed by atoms with Crippen LogP contribution in [-0.4, -0.2) is 57.8 Å². The number of primary amides is 1. The van der Waals surface area contributed by atoms with Gasteiger partial charge in [-0.05, 0) is 35.8 Å². The van der Waals surface area contributed by atoms with E-state index in [1.165, 1.54) is 0 Å². The van der Waals surface area contributed by atoms with E-state index in [1.807, 2.05) is 44.2 Å². The zero-order valence-electron chi connectivity index (χ0n) is 21.0. The van der Waals surface area contributed by atoms with Crippen LogP contribution in [0.1, 0.15) is 46.2 Å². The molecule has 0 saturated carbocycles. The molecule has 0 fully saturated rings. The van der Waals surface area contributed by atoms with Crippen LogP contribution >= 0.6 is 0 Å². The molecule has 0 aliphatic heterocycles. The Kier molecular flexibility index (Phi) is 10.0. The number of benzene rings is 1. The van der Waals surface area contributed by atoms with Crippen LogP contribution in [0.25, 0.3) is 10.9 Å². The van der Waals surface area contributed by atoms with E-state index < -0.39 is 53.6 Å². The number of nitrogens with one attached hydrogen (secondary N) is 4. The van der Waals surface area contributed by atoms with Crippen molar-refractivity contribution in [2.24, 2.45) is 17.6 Å². The van der Waals surface area contributed by atoms with Crippen LogP contribution < -0.4 is 21.7 Å². The average molecular weight is 502 g/mol. The molecule has 1 aromatic carbocycles. The minimum Gasteiger partial charge on any atom is -0.465 e. The highest BCUT2D eigenvalue weighted by Gasteiger charge is 2.35. The number of hydrogen-bond acceptors (Lipinski definition) is 5. The van der Waals surface area contributed by atoms with Crippen LogP contribution in [-0.2, 0) is 25.6 Å². The van der Waals surface area contributed by atoms with E-state index in [4.69, 9.17) is 10.8 Å². The maximum absolute atomic E-state index is 13.1. The first kappa shape index (κ1) is 28.3. The van der Waals surface area contributed by atoms with E-state index in [-0.39, 0.29) is 18.8 Å². The average Bonchev–Trinajstić information content (AvgIpc) is 3.22. The van der Waals surface area contributed by atoms with Gasteiger partial charge in [-0.2, -0.15) is 0 Å². The van der Waals surface area contributed by atoms with Gasteiger partial charge >= 0.3 is 6.09 Å². The summed E-state index contributed by atoms with van der Waals surface area (Å²) < 4.78 is 0. The molecule has 0 aliphatic rings. The van der Waals surface area contributed by atoms with Gasteiger partial charge in [0.15, 0.2) is 0 Å². The Balaban J connectivity index is 2.16. The smallest absolute Gasteiger partial charge is 0.405 e. The summed E-state index contributed by atoms with van der Waals surface area (Å²) in [6, 6.07) is 5.84. The highest BCUT2D eigenvalue weighted by Crippen LogP contribution is 2.16. The molecule has 7 N–H and O–H groups in total. The molecule has 1 aromatic heterocycles. The number of carboxylic acid groups (broad SMARTS) is 1. The van der Waals surface area contributed by atoms with Gasteiger partial charge in [0, 0.05) is 17.6 Å². The molecule has 11 heteroatoms. The Bertz CT molecular complexity index is 1080. The zero-order chi connectivity index (χ0) is 27.0. The van der Waals surface area contributed by atoms with Gasteiger partial charge in [-0.1, -0.05) is 52.3 Å².